The largest absolute Gasteiger partial charge is 0.319 e. The van der Waals surface area contributed by atoms with E-state index in [2.05, 4.69) is 15.3 Å². The zero-order chi connectivity index (χ0) is 21.1. The van der Waals surface area contributed by atoms with Crippen molar-refractivity contribution in [3.8, 4) is 5.69 Å². The molecule has 0 radical (unpaired) electrons. The Morgan fingerprint density at radius 3 is 2.47 bits per heavy atom. The second kappa shape index (κ2) is 8.54. The van der Waals surface area contributed by atoms with Gasteiger partial charge >= 0.3 is 0 Å². The first kappa shape index (κ1) is 19.9. The van der Waals surface area contributed by atoms with Gasteiger partial charge < -0.3 is 5.32 Å². The van der Waals surface area contributed by atoms with Gasteiger partial charge in [0, 0.05) is 7.05 Å². The highest BCUT2D eigenvalue weighted by Gasteiger charge is 2.19. The van der Waals surface area contributed by atoms with Gasteiger partial charge in [-0.2, -0.15) is 0 Å². The molecule has 7 nitrogen and oxygen atoms in total. The molecule has 8 heteroatoms. The first-order valence-corrected chi connectivity index (χ1v) is 10.5. The van der Waals surface area contributed by atoms with Crippen LogP contribution in [-0.4, -0.2) is 38.4 Å². The molecule has 0 aliphatic carbocycles. The predicted octanol–water partition coefficient (Wildman–Crippen LogP) is 3.02. The number of nitrogens with zero attached hydrogens (tertiary/aromatic N) is 4. The molecule has 0 unspecified atom stereocenters. The number of anilines is 1. The van der Waals surface area contributed by atoms with E-state index in [0.717, 1.165) is 17.0 Å². The topological polar surface area (TPSA) is 80.8 Å². The van der Waals surface area contributed by atoms with Crippen LogP contribution in [0.1, 0.15) is 11.3 Å². The summed E-state index contributed by atoms with van der Waals surface area (Å²) in [4.78, 5) is 34.3. The van der Waals surface area contributed by atoms with Gasteiger partial charge in [0.2, 0.25) is 5.91 Å². The highest BCUT2D eigenvalue weighted by molar-refractivity contribution is 8.14. The summed E-state index contributed by atoms with van der Waals surface area (Å²) >= 11 is 1.26. The van der Waals surface area contributed by atoms with Gasteiger partial charge in [0.05, 0.1) is 29.4 Å². The van der Waals surface area contributed by atoms with E-state index >= 15 is 0 Å². The number of nitrogens with one attached hydrogen (secondary N) is 1. The number of carbonyl (C=O) groups is 1. The van der Waals surface area contributed by atoms with Crippen molar-refractivity contribution in [2.24, 2.45) is 17.0 Å². The van der Waals surface area contributed by atoms with Gasteiger partial charge in [0.1, 0.15) is 5.69 Å². The van der Waals surface area contributed by atoms with Crippen molar-refractivity contribution in [1.29, 1.82) is 0 Å². The number of rotatable bonds is 5. The fourth-order valence-corrected chi connectivity index (χ4v) is 3.87. The highest BCUT2D eigenvalue weighted by atomic mass is 32.2. The molecule has 152 valence electrons. The van der Waals surface area contributed by atoms with Crippen LogP contribution < -0.4 is 10.9 Å². The molecular formula is C22H21N5O2S. The first-order chi connectivity index (χ1) is 14.5. The molecule has 1 aliphatic rings. The Kier molecular flexibility index (Phi) is 5.67. The van der Waals surface area contributed by atoms with E-state index in [9.17, 15) is 9.59 Å². The number of hydrogen-bond donors (Lipinski definition) is 1. The molecule has 2 aromatic carbocycles. The van der Waals surface area contributed by atoms with E-state index < -0.39 is 0 Å². The van der Waals surface area contributed by atoms with Gasteiger partial charge in [0.25, 0.3) is 5.56 Å². The summed E-state index contributed by atoms with van der Waals surface area (Å²) in [7, 11) is 1.79. The van der Waals surface area contributed by atoms with Gasteiger partial charge in [-0.05, 0) is 24.6 Å². The minimum absolute atomic E-state index is 0.128. The summed E-state index contributed by atoms with van der Waals surface area (Å²) in [6, 6.07) is 19.2. The normalized spacial score (nSPS) is 13.1. The van der Waals surface area contributed by atoms with E-state index in [0.29, 0.717) is 17.4 Å². The molecule has 0 saturated heterocycles. The van der Waals surface area contributed by atoms with Crippen LogP contribution in [0.25, 0.3) is 5.69 Å². The molecule has 4 rings (SSSR count). The Labute approximate surface area is 178 Å². The van der Waals surface area contributed by atoms with Crippen LogP contribution in [0.5, 0.6) is 0 Å². The van der Waals surface area contributed by atoms with Crippen LogP contribution in [0, 0.1) is 6.92 Å². The van der Waals surface area contributed by atoms with Crippen LogP contribution >= 0.6 is 11.8 Å². The zero-order valence-corrected chi connectivity index (χ0v) is 17.5. The Morgan fingerprint density at radius 1 is 1.10 bits per heavy atom. The maximum Gasteiger partial charge on any atom is 0.295 e. The fourth-order valence-electron chi connectivity index (χ4n) is 3.21. The summed E-state index contributed by atoms with van der Waals surface area (Å²) < 4.78 is 3.27. The van der Waals surface area contributed by atoms with Crippen molar-refractivity contribution >= 4 is 34.2 Å². The van der Waals surface area contributed by atoms with E-state index in [-0.39, 0.29) is 22.9 Å². The minimum Gasteiger partial charge on any atom is -0.319 e. The Balaban J connectivity index is 1.43. The Morgan fingerprint density at radius 2 is 1.77 bits per heavy atom. The van der Waals surface area contributed by atoms with E-state index in [4.69, 9.17) is 0 Å². The molecule has 2 heterocycles. The van der Waals surface area contributed by atoms with Crippen LogP contribution in [0.15, 0.2) is 75.4 Å². The van der Waals surface area contributed by atoms with Gasteiger partial charge in [-0.15, -0.1) is 0 Å². The standard InChI is InChI=1S/C22H21N5O2S/c1-15-20(21(29)27(26(15)2)17-11-7-4-8-12-17)25-19(28)14-30-22-23-13-18(24-22)16-9-5-3-6-10-16/h3-12H,13-14H2,1-2H3,(H,25,28). The molecule has 0 saturated carbocycles. The molecule has 1 aliphatic heterocycles. The number of thioether (sulfide) groups is 1. The van der Waals surface area contributed by atoms with Gasteiger partial charge in [-0.3, -0.25) is 19.3 Å². The van der Waals surface area contributed by atoms with Crippen molar-refractivity contribution in [3.05, 3.63) is 82.3 Å². The number of hydrogen-bond acceptors (Lipinski definition) is 5. The summed E-state index contributed by atoms with van der Waals surface area (Å²) in [5, 5.41) is 3.34. The third-order valence-electron chi connectivity index (χ3n) is 4.85. The lowest BCUT2D eigenvalue weighted by molar-refractivity contribution is -0.113. The van der Waals surface area contributed by atoms with Crippen LogP contribution in [0.2, 0.25) is 0 Å². The maximum absolute atomic E-state index is 12.9. The first-order valence-electron chi connectivity index (χ1n) is 9.48. The summed E-state index contributed by atoms with van der Waals surface area (Å²) in [6.07, 6.45) is 0. The highest BCUT2D eigenvalue weighted by Crippen LogP contribution is 2.17. The molecule has 0 bridgehead atoms. The molecule has 0 fully saturated rings. The maximum atomic E-state index is 12.9. The Bertz CT molecular complexity index is 1190. The van der Waals surface area contributed by atoms with Crippen molar-refractivity contribution in [3.63, 3.8) is 0 Å². The lowest BCUT2D eigenvalue weighted by Crippen LogP contribution is -2.23. The second-order valence-electron chi connectivity index (χ2n) is 6.80. The molecular weight excluding hydrogens is 398 g/mol. The van der Waals surface area contributed by atoms with Crippen LogP contribution in [-0.2, 0) is 11.8 Å². The van der Waals surface area contributed by atoms with Crippen molar-refractivity contribution < 1.29 is 4.79 Å². The lowest BCUT2D eigenvalue weighted by Gasteiger charge is -2.07. The van der Waals surface area contributed by atoms with E-state index in [1.54, 1.807) is 18.7 Å². The number of aromatic nitrogens is 2. The minimum atomic E-state index is -0.267. The molecule has 30 heavy (non-hydrogen) atoms. The van der Waals surface area contributed by atoms with Gasteiger partial charge in [0.15, 0.2) is 5.17 Å². The third-order valence-corrected chi connectivity index (χ3v) is 5.74. The number of amidine groups is 1. The van der Waals surface area contributed by atoms with Crippen molar-refractivity contribution in [2.45, 2.75) is 6.92 Å². The van der Waals surface area contributed by atoms with E-state index in [1.165, 1.54) is 16.4 Å². The lowest BCUT2D eigenvalue weighted by atomic mass is 10.1. The average molecular weight is 420 g/mol. The molecule has 1 aromatic heterocycles. The smallest absolute Gasteiger partial charge is 0.295 e. The predicted molar refractivity (Wildman–Crippen MR) is 122 cm³/mol. The molecule has 0 atom stereocenters. The molecule has 0 spiro atoms. The number of amides is 1. The van der Waals surface area contributed by atoms with Crippen LogP contribution in [0.4, 0.5) is 5.69 Å². The quantitative estimate of drug-likeness (QED) is 0.690. The Hall–Kier alpha value is -3.39. The van der Waals surface area contributed by atoms with E-state index in [1.807, 2.05) is 60.7 Å². The van der Waals surface area contributed by atoms with Gasteiger partial charge in [-0.25, -0.2) is 9.67 Å². The third kappa shape index (κ3) is 3.99. The summed E-state index contributed by atoms with van der Waals surface area (Å²) in [6.45, 7) is 2.31. The SMILES string of the molecule is Cc1c(NC(=O)CSC2=NCC(c3ccccc3)=N2)c(=O)n(-c2ccccc2)n1C. The van der Waals surface area contributed by atoms with Crippen molar-refractivity contribution in [1.82, 2.24) is 9.36 Å². The number of benzene rings is 2. The average Bonchev–Trinajstić information content (AvgIpc) is 3.33. The molecule has 3 aromatic rings. The van der Waals surface area contributed by atoms with Gasteiger partial charge in [-0.1, -0.05) is 60.3 Å². The second-order valence-corrected chi connectivity index (χ2v) is 7.74. The molecule has 1 N–H and O–H groups in total. The monoisotopic (exact) mass is 419 g/mol. The fraction of sp³-hybridized carbons (Fsp3) is 0.182. The summed E-state index contributed by atoms with van der Waals surface area (Å²) in [5.74, 6) is -0.138. The van der Waals surface area contributed by atoms with Crippen LogP contribution in [0.3, 0.4) is 0 Å². The zero-order valence-electron chi connectivity index (χ0n) is 16.7. The number of para-hydroxylation sites is 1. The summed E-state index contributed by atoms with van der Waals surface area (Å²) in [5.41, 5.74) is 3.37. The number of aliphatic imine (C=N–C) groups is 2. The number of carbonyl (C=O) groups excluding carboxylic acids is 1. The molecule has 1 amide bonds. The van der Waals surface area contributed by atoms with Crippen molar-refractivity contribution in [2.75, 3.05) is 17.6 Å².